The Kier molecular flexibility index (Phi) is 5.77. The molecule has 1 amide bonds. The summed E-state index contributed by atoms with van der Waals surface area (Å²) >= 11 is 1.30. The number of nitrogens with one attached hydrogen (secondary N) is 1. The Hall–Kier alpha value is -2.85. The number of hydrogen-bond acceptors (Lipinski definition) is 5. The fourth-order valence-electron chi connectivity index (χ4n) is 2.77. The van der Waals surface area contributed by atoms with Gasteiger partial charge in [0.05, 0.1) is 17.0 Å². The second-order valence-corrected chi connectivity index (χ2v) is 7.29. The number of nitriles is 1. The molecule has 0 radical (unpaired) electrons. The Morgan fingerprint density at radius 3 is 2.81 bits per heavy atom. The second kappa shape index (κ2) is 8.23. The highest BCUT2D eigenvalue weighted by atomic mass is 32.2. The van der Waals surface area contributed by atoms with Gasteiger partial charge in [-0.1, -0.05) is 17.8 Å². The van der Waals surface area contributed by atoms with Gasteiger partial charge in [0.1, 0.15) is 16.7 Å². The molecule has 0 aliphatic rings. The molecule has 3 rings (SSSR count). The van der Waals surface area contributed by atoms with Gasteiger partial charge in [0.25, 0.3) is 0 Å². The number of hydrogen-bond donors (Lipinski definition) is 1. The third-order valence-corrected chi connectivity index (χ3v) is 5.51. The van der Waals surface area contributed by atoms with Crippen molar-refractivity contribution in [2.45, 2.75) is 32.2 Å². The highest BCUT2D eigenvalue weighted by molar-refractivity contribution is 8.00. The molecule has 3 heterocycles. The number of rotatable bonds is 6. The number of aryl methyl sites for hydroxylation is 1. The van der Waals surface area contributed by atoms with Crippen LogP contribution in [-0.4, -0.2) is 32.6 Å². The number of carbonyl (C=O) groups excluding carboxylic acids is 1. The van der Waals surface area contributed by atoms with Crippen LogP contribution in [0.5, 0.6) is 0 Å². The van der Waals surface area contributed by atoms with Crippen molar-refractivity contribution in [1.82, 2.24) is 19.7 Å². The molecule has 0 aliphatic heterocycles. The summed E-state index contributed by atoms with van der Waals surface area (Å²) < 4.78 is 1.96. The second-order valence-electron chi connectivity index (χ2n) is 6.33. The van der Waals surface area contributed by atoms with Crippen LogP contribution >= 0.6 is 11.8 Å². The molecule has 0 spiro atoms. The molecule has 3 aromatic rings. The fraction of sp³-hybridized carbons (Fsp3) is 0.300. The zero-order valence-corrected chi connectivity index (χ0v) is 16.4. The quantitative estimate of drug-likeness (QED) is 0.666. The maximum absolute atomic E-state index is 12.1. The number of nitrogens with zero attached hydrogens (tertiary/aromatic N) is 4. The number of pyridine rings is 2. The minimum absolute atomic E-state index is 0.0784. The van der Waals surface area contributed by atoms with Crippen LogP contribution in [0, 0.1) is 32.1 Å². The van der Waals surface area contributed by atoms with E-state index in [9.17, 15) is 10.1 Å². The van der Waals surface area contributed by atoms with Gasteiger partial charge in [-0.15, -0.1) is 0 Å². The summed E-state index contributed by atoms with van der Waals surface area (Å²) in [6.45, 7) is 6.32. The normalized spacial score (nSPS) is 10.7. The molecule has 0 unspecified atom stereocenters. The number of thioether (sulfide) groups is 1. The van der Waals surface area contributed by atoms with Crippen molar-refractivity contribution >= 4 is 23.3 Å². The van der Waals surface area contributed by atoms with Crippen LogP contribution in [0.2, 0.25) is 0 Å². The Morgan fingerprint density at radius 2 is 2.07 bits per heavy atom. The van der Waals surface area contributed by atoms with E-state index in [4.69, 9.17) is 0 Å². The molecule has 1 N–H and O–H groups in total. The van der Waals surface area contributed by atoms with Crippen molar-refractivity contribution in [2.24, 2.45) is 0 Å². The maximum Gasteiger partial charge on any atom is 0.230 e. The van der Waals surface area contributed by atoms with E-state index in [1.165, 1.54) is 11.8 Å². The zero-order valence-electron chi connectivity index (χ0n) is 15.6. The van der Waals surface area contributed by atoms with Gasteiger partial charge < -0.3 is 9.72 Å². The van der Waals surface area contributed by atoms with Gasteiger partial charge in [-0.2, -0.15) is 5.26 Å². The summed E-state index contributed by atoms with van der Waals surface area (Å²) in [6, 6.07) is 8.06. The Bertz CT molecular complexity index is 1000. The molecule has 0 saturated heterocycles. The van der Waals surface area contributed by atoms with Crippen molar-refractivity contribution < 1.29 is 4.79 Å². The predicted molar refractivity (Wildman–Crippen MR) is 106 cm³/mol. The van der Waals surface area contributed by atoms with E-state index in [0.29, 0.717) is 23.6 Å². The predicted octanol–water partition coefficient (Wildman–Crippen LogP) is 2.98. The molecule has 0 bridgehead atoms. The van der Waals surface area contributed by atoms with E-state index in [-0.39, 0.29) is 11.7 Å². The largest absolute Gasteiger partial charge is 0.355 e. The van der Waals surface area contributed by atoms with Gasteiger partial charge in [-0.3, -0.25) is 4.79 Å². The van der Waals surface area contributed by atoms with E-state index in [2.05, 4.69) is 21.4 Å². The van der Waals surface area contributed by atoms with Crippen LogP contribution in [0.25, 0.3) is 5.65 Å². The lowest BCUT2D eigenvalue weighted by atomic mass is 10.1. The average Bonchev–Trinajstić information content (AvgIpc) is 3.07. The monoisotopic (exact) mass is 379 g/mol. The molecule has 6 nitrogen and oxygen atoms in total. The molecule has 0 aliphatic carbocycles. The van der Waals surface area contributed by atoms with Gasteiger partial charge in [0, 0.05) is 31.1 Å². The van der Waals surface area contributed by atoms with Gasteiger partial charge in [0.2, 0.25) is 5.91 Å². The summed E-state index contributed by atoms with van der Waals surface area (Å²) in [5.74, 6) is 0.153. The molecule has 138 valence electrons. The summed E-state index contributed by atoms with van der Waals surface area (Å²) in [7, 11) is 0. The van der Waals surface area contributed by atoms with Gasteiger partial charge in [0.15, 0.2) is 0 Å². The highest BCUT2D eigenvalue weighted by Crippen LogP contribution is 2.26. The third kappa shape index (κ3) is 4.29. The summed E-state index contributed by atoms with van der Waals surface area (Å²) in [5, 5.41) is 12.9. The first kappa shape index (κ1) is 18.9. The first-order valence-electron chi connectivity index (χ1n) is 8.69. The maximum atomic E-state index is 12.1. The third-order valence-electron chi connectivity index (χ3n) is 4.53. The summed E-state index contributed by atoms with van der Waals surface area (Å²) in [4.78, 5) is 21.1. The Balaban J connectivity index is 1.54. The van der Waals surface area contributed by atoms with Crippen LogP contribution in [0.1, 0.15) is 28.1 Å². The summed E-state index contributed by atoms with van der Waals surface area (Å²) in [6.07, 6.45) is 4.59. The van der Waals surface area contributed by atoms with Crippen LogP contribution in [0.15, 0.2) is 35.6 Å². The molecule has 3 aromatic heterocycles. The first-order chi connectivity index (χ1) is 13.0. The van der Waals surface area contributed by atoms with E-state index in [1.54, 1.807) is 0 Å². The van der Waals surface area contributed by atoms with E-state index in [1.807, 2.05) is 55.8 Å². The van der Waals surface area contributed by atoms with E-state index in [0.717, 1.165) is 28.2 Å². The van der Waals surface area contributed by atoms with Gasteiger partial charge >= 0.3 is 0 Å². The van der Waals surface area contributed by atoms with E-state index < -0.39 is 0 Å². The zero-order chi connectivity index (χ0) is 19.4. The summed E-state index contributed by atoms with van der Waals surface area (Å²) in [5.41, 5.74) is 5.23. The number of amides is 1. The number of aromatic nitrogens is 3. The lowest BCUT2D eigenvalue weighted by Crippen LogP contribution is -2.27. The number of fused-ring (bicyclic) bond motifs is 1. The van der Waals surface area contributed by atoms with Crippen LogP contribution < -0.4 is 5.32 Å². The Labute approximate surface area is 162 Å². The van der Waals surface area contributed by atoms with E-state index >= 15 is 0 Å². The van der Waals surface area contributed by atoms with Crippen LogP contribution in [-0.2, 0) is 11.2 Å². The van der Waals surface area contributed by atoms with Gasteiger partial charge in [-0.25, -0.2) is 9.97 Å². The average molecular weight is 379 g/mol. The number of carbonyl (C=O) groups is 1. The fourth-order valence-corrected chi connectivity index (χ4v) is 3.68. The SMILES string of the molecule is Cc1nc(SCC(=O)NCCc2cn3ccccc3n2)c(C#N)c(C)c1C. The van der Waals surface area contributed by atoms with Crippen LogP contribution in [0.3, 0.4) is 0 Å². The van der Waals surface area contributed by atoms with Crippen LogP contribution in [0.4, 0.5) is 0 Å². The van der Waals surface area contributed by atoms with Crippen molar-refractivity contribution in [1.29, 1.82) is 5.26 Å². The Morgan fingerprint density at radius 1 is 1.26 bits per heavy atom. The van der Waals surface area contributed by atoms with Crippen molar-refractivity contribution in [2.75, 3.05) is 12.3 Å². The smallest absolute Gasteiger partial charge is 0.230 e. The van der Waals surface area contributed by atoms with Crippen molar-refractivity contribution in [3.63, 3.8) is 0 Å². The lowest BCUT2D eigenvalue weighted by molar-refractivity contribution is -0.118. The molecule has 0 saturated carbocycles. The van der Waals surface area contributed by atoms with Gasteiger partial charge in [-0.05, 0) is 44.0 Å². The van der Waals surface area contributed by atoms with Crippen molar-refractivity contribution in [3.05, 3.63) is 58.7 Å². The molecule has 0 fully saturated rings. The molecule has 0 atom stereocenters. The first-order valence-corrected chi connectivity index (χ1v) is 9.68. The minimum atomic E-state index is -0.0784. The lowest BCUT2D eigenvalue weighted by Gasteiger charge is -2.11. The molecule has 27 heavy (non-hydrogen) atoms. The van der Waals surface area contributed by atoms with Crippen molar-refractivity contribution in [3.8, 4) is 6.07 Å². The molecule has 0 aromatic carbocycles. The number of imidazole rings is 1. The highest BCUT2D eigenvalue weighted by Gasteiger charge is 2.14. The topological polar surface area (TPSA) is 83.1 Å². The molecular weight excluding hydrogens is 358 g/mol. The molecule has 7 heteroatoms. The molecular formula is C20H21N5OS. The minimum Gasteiger partial charge on any atom is -0.355 e. The standard InChI is InChI=1S/C20H21N5OS/c1-13-14(2)17(10-21)20(23-15(13)3)27-12-19(26)22-8-7-16-11-25-9-5-4-6-18(25)24-16/h4-6,9,11H,7-8,12H2,1-3H3,(H,22,26).